The highest BCUT2D eigenvalue weighted by molar-refractivity contribution is 7.08. The van der Waals surface area contributed by atoms with Crippen LogP contribution in [0.1, 0.15) is 23.2 Å². The van der Waals surface area contributed by atoms with E-state index in [9.17, 15) is 4.79 Å². The van der Waals surface area contributed by atoms with E-state index in [1.54, 1.807) is 24.5 Å². The molecule has 5 heteroatoms. The standard InChI is InChI=1S/C23H23NO3S/c1-26-22-4-2-3-18(15-22)23(25)24-12-9-21(10-13-24)27-20-7-5-17(6-8-20)19-11-14-28-16-19/h2-8,11,14-16,21H,9-10,12-13H2,1H3. The molecule has 0 saturated carbocycles. The fraction of sp³-hybridized carbons (Fsp3) is 0.261. The first-order valence-corrected chi connectivity index (χ1v) is 10.4. The molecule has 0 radical (unpaired) electrons. The van der Waals surface area contributed by atoms with Crippen molar-refractivity contribution in [1.29, 1.82) is 0 Å². The van der Waals surface area contributed by atoms with Gasteiger partial charge in [0.2, 0.25) is 0 Å². The van der Waals surface area contributed by atoms with Crippen LogP contribution in [0.4, 0.5) is 0 Å². The van der Waals surface area contributed by atoms with Gasteiger partial charge in [0.25, 0.3) is 5.91 Å². The van der Waals surface area contributed by atoms with E-state index in [1.807, 2.05) is 35.2 Å². The van der Waals surface area contributed by atoms with E-state index in [-0.39, 0.29) is 12.0 Å². The third-order valence-corrected chi connectivity index (χ3v) is 5.74. The third kappa shape index (κ3) is 4.20. The smallest absolute Gasteiger partial charge is 0.253 e. The van der Waals surface area contributed by atoms with Crippen molar-refractivity contribution in [2.45, 2.75) is 18.9 Å². The summed E-state index contributed by atoms with van der Waals surface area (Å²) in [7, 11) is 1.61. The zero-order valence-corrected chi connectivity index (χ0v) is 16.7. The van der Waals surface area contributed by atoms with Gasteiger partial charge in [0.1, 0.15) is 17.6 Å². The second-order valence-corrected chi connectivity index (χ2v) is 7.66. The highest BCUT2D eigenvalue weighted by Crippen LogP contribution is 2.26. The van der Waals surface area contributed by atoms with Crippen molar-refractivity contribution in [1.82, 2.24) is 4.90 Å². The Morgan fingerprint density at radius 1 is 1.00 bits per heavy atom. The quantitative estimate of drug-likeness (QED) is 0.605. The molecular weight excluding hydrogens is 370 g/mol. The number of benzene rings is 2. The molecule has 0 unspecified atom stereocenters. The average molecular weight is 394 g/mol. The van der Waals surface area contributed by atoms with E-state index in [4.69, 9.17) is 9.47 Å². The summed E-state index contributed by atoms with van der Waals surface area (Å²) in [5.41, 5.74) is 3.11. The number of rotatable bonds is 5. The summed E-state index contributed by atoms with van der Waals surface area (Å²) >= 11 is 1.70. The summed E-state index contributed by atoms with van der Waals surface area (Å²) in [6.45, 7) is 1.40. The van der Waals surface area contributed by atoms with Gasteiger partial charge in [-0.05, 0) is 58.3 Å². The highest BCUT2D eigenvalue weighted by atomic mass is 32.1. The lowest BCUT2D eigenvalue weighted by Gasteiger charge is -2.32. The summed E-state index contributed by atoms with van der Waals surface area (Å²) in [5, 5.41) is 4.23. The minimum absolute atomic E-state index is 0.0532. The van der Waals surface area contributed by atoms with E-state index < -0.39 is 0 Å². The Morgan fingerprint density at radius 3 is 2.46 bits per heavy atom. The van der Waals surface area contributed by atoms with Crippen LogP contribution in [-0.4, -0.2) is 37.1 Å². The van der Waals surface area contributed by atoms with Gasteiger partial charge in [-0.1, -0.05) is 18.2 Å². The monoisotopic (exact) mass is 393 g/mol. The van der Waals surface area contributed by atoms with Gasteiger partial charge >= 0.3 is 0 Å². The molecule has 1 aliphatic heterocycles. The summed E-state index contributed by atoms with van der Waals surface area (Å²) in [6, 6.07) is 17.7. The van der Waals surface area contributed by atoms with Crippen LogP contribution < -0.4 is 9.47 Å². The normalized spacial score (nSPS) is 14.7. The van der Waals surface area contributed by atoms with Crippen LogP contribution in [0.2, 0.25) is 0 Å². The van der Waals surface area contributed by atoms with Gasteiger partial charge in [0.05, 0.1) is 7.11 Å². The molecule has 4 nitrogen and oxygen atoms in total. The molecule has 0 aliphatic carbocycles. The Balaban J connectivity index is 1.32. The second kappa shape index (κ2) is 8.48. The molecule has 28 heavy (non-hydrogen) atoms. The SMILES string of the molecule is COc1cccc(C(=O)N2CCC(Oc3ccc(-c4ccsc4)cc3)CC2)c1. The zero-order valence-electron chi connectivity index (χ0n) is 15.8. The van der Waals surface area contributed by atoms with Gasteiger partial charge in [-0.25, -0.2) is 0 Å². The first-order chi connectivity index (χ1) is 13.7. The molecule has 1 aliphatic rings. The zero-order chi connectivity index (χ0) is 19.3. The predicted octanol–water partition coefficient (Wildman–Crippen LogP) is 5.11. The van der Waals surface area contributed by atoms with E-state index in [2.05, 4.69) is 29.0 Å². The number of methoxy groups -OCH3 is 1. The van der Waals surface area contributed by atoms with Gasteiger partial charge in [-0.15, -0.1) is 0 Å². The Labute approximate surface area is 169 Å². The number of ether oxygens (including phenoxy) is 2. The van der Waals surface area contributed by atoms with Crippen molar-refractivity contribution in [2.75, 3.05) is 20.2 Å². The molecule has 1 aromatic heterocycles. The number of nitrogens with zero attached hydrogens (tertiary/aromatic N) is 1. The number of carbonyl (C=O) groups is 1. The molecule has 0 N–H and O–H groups in total. The Bertz CT molecular complexity index is 913. The number of carbonyl (C=O) groups excluding carboxylic acids is 1. The minimum atomic E-state index is 0.0532. The molecule has 4 rings (SSSR count). The van der Waals surface area contributed by atoms with Gasteiger partial charge < -0.3 is 14.4 Å². The molecule has 0 bridgehead atoms. The molecule has 2 heterocycles. The van der Waals surface area contributed by atoms with Crippen LogP contribution in [0.5, 0.6) is 11.5 Å². The Kier molecular flexibility index (Phi) is 5.63. The Hall–Kier alpha value is -2.79. The second-order valence-electron chi connectivity index (χ2n) is 6.88. The number of hydrogen-bond acceptors (Lipinski definition) is 4. The van der Waals surface area contributed by atoms with Gasteiger partial charge in [0, 0.05) is 31.5 Å². The van der Waals surface area contributed by atoms with Crippen LogP contribution in [0.25, 0.3) is 11.1 Å². The van der Waals surface area contributed by atoms with E-state index in [0.717, 1.165) is 18.6 Å². The van der Waals surface area contributed by atoms with Gasteiger partial charge in [-0.2, -0.15) is 11.3 Å². The summed E-state index contributed by atoms with van der Waals surface area (Å²) < 4.78 is 11.4. The number of amides is 1. The van der Waals surface area contributed by atoms with Crippen molar-refractivity contribution < 1.29 is 14.3 Å². The average Bonchev–Trinajstić information content (AvgIpc) is 3.29. The summed E-state index contributed by atoms with van der Waals surface area (Å²) in [5.74, 6) is 1.64. The minimum Gasteiger partial charge on any atom is -0.497 e. The Morgan fingerprint density at radius 2 is 1.79 bits per heavy atom. The first-order valence-electron chi connectivity index (χ1n) is 9.45. The van der Waals surface area contributed by atoms with E-state index in [1.165, 1.54) is 11.1 Å². The molecule has 1 fully saturated rings. The van der Waals surface area contributed by atoms with Crippen LogP contribution >= 0.6 is 11.3 Å². The van der Waals surface area contributed by atoms with Gasteiger partial charge in [-0.3, -0.25) is 4.79 Å². The van der Waals surface area contributed by atoms with Crippen molar-refractivity contribution in [3.63, 3.8) is 0 Å². The lowest BCUT2D eigenvalue weighted by molar-refractivity contribution is 0.0595. The van der Waals surface area contributed by atoms with Crippen molar-refractivity contribution >= 4 is 17.2 Å². The number of piperidine rings is 1. The van der Waals surface area contributed by atoms with E-state index >= 15 is 0 Å². The van der Waals surface area contributed by atoms with Crippen molar-refractivity contribution in [3.8, 4) is 22.6 Å². The maximum atomic E-state index is 12.7. The number of thiophene rings is 1. The van der Waals surface area contributed by atoms with Crippen LogP contribution in [-0.2, 0) is 0 Å². The predicted molar refractivity (Wildman–Crippen MR) is 112 cm³/mol. The maximum absolute atomic E-state index is 12.7. The summed E-state index contributed by atoms with van der Waals surface area (Å²) in [4.78, 5) is 14.6. The fourth-order valence-corrected chi connectivity index (χ4v) is 4.13. The molecule has 3 aromatic rings. The van der Waals surface area contributed by atoms with Crippen LogP contribution in [0.15, 0.2) is 65.4 Å². The van der Waals surface area contributed by atoms with Crippen molar-refractivity contribution in [2.24, 2.45) is 0 Å². The first kappa shape index (κ1) is 18.6. The number of likely N-dealkylation sites (tertiary alicyclic amines) is 1. The molecule has 1 amide bonds. The summed E-state index contributed by atoms with van der Waals surface area (Å²) in [6.07, 6.45) is 1.81. The fourth-order valence-electron chi connectivity index (χ4n) is 3.46. The number of hydrogen-bond donors (Lipinski definition) is 0. The molecular formula is C23H23NO3S. The maximum Gasteiger partial charge on any atom is 0.253 e. The molecule has 144 valence electrons. The molecule has 1 saturated heterocycles. The van der Waals surface area contributed by atoms with Crippen molar-refractivity contribution in [3.05, 3.63) is 70.9 Å². The van der Waals surface area contributed by atoms with Crippen LogP contribution in [0, 0.1) is 0 Å². The highest BCUT2D eigenvalue weighted by Gasteiger charge is 2.25. The van der Waals surface area contributed by atoms with Crippen LogP contribution in [0.3, 0.4) is 0 Å². The lowest BCUT2D eigenvalue weighted by atomic mass is 10.1. The molecule has 0 atom stereocenters. The third-order valence-electron chi connectivity index (χ3n) is 5.06. The molecule has 2 aromatic carbocycles. The lowest BCUT2D eigenvalue weighted by Crippen LogP contribution is -2.41. The van der Waals surface area contributed by atoms with E-state index in [0.29, 0.717) is 24.4 Å². The van der Waals surface area contributed by atoms with Gasteiger partial charge in [0.15, 0.2) is 0 Å². The topological polar surface area (TPSA) is 38.8 Å². The largest absolute Gasteiger partial charge is 0.497 e. The molecule has 0 spiro atoms.